The zero-order valence-corrected chi connectivity index (χ0v) is 19.4. The van der Waals surface area contributed by atoms with E-state index in [0.29, 0.717) is 6.42 Å². The first-order valence-electron chi connectivity index (χ1n) is 10.5. The van der Waals surface area contributed by atoms with Gasteiger partial charge in [0.15, 0.2) is 5.72 Å². The van der Waals surface area contributed by atoms with Crippen molar-refractivity contribution in [2.24, 2.45) is 10.2 Å². The molecule has 0 saturated heterocycles. The predicted octanol–water partition coefficient (Wildman–Crippen LogP) is 6.69. The third-order valence-electron chi connectivity index (χ3n) is 4.72. The van der Waals surface area contributed by atoms with Crippen LogP contribution in [-0.4, -0.2) is 30.1 Å². The maximum Gasteiger partial charge on any atom is 0.179 e. The van der Waals surface area contributed by atoms with Gasteiger partial charge in [0.1, 0.15) is 22.7 Å². The average molecular weight is 413 g/mol. The largest absolute Gasteiger partial charge is 0.488 e. The van der Waals surface area contributed by atoms with Gasteiger partial charge >= 0.3 is 0 Å². The Labute approximate surface area is 181 Å². The fraction of sp³-hybridized carbons (Fsp3) is 0.520. The molecule has 0 aliphatic rings. The van der Waals surface area contributed by atoms with Crippen LogP contribution in [0.4, 0.5) is 0 Å². The Balaban J connectivity index is 1.98. The highest BCUT2D eigenvalue weighted by molar-refractivity contribution is 5.22. The summed E-state index contributed by atoms with van der Waals surface area (Å²) in [5.74, 6) is 1.68. The van der Waals surface area contributed by atoms with E-state index in [9.17, 15) is 0 Å². The number of rotatable bonds is 11. The van der Waals surface area contributed by atoms with Crippen molar-refractivity contribution in [3.8, 4) is 11.5 Å². The van der Waals surface area contributed by atoms with Gasteiger partial charge in [0.2, 0.25) is 0 Å². The highest BCUT2D eigenvalue weighted by Gasteiger charge is 2.35. The van der Waals surface area contributed by atoms with Crippen molar-refractivity contribution >= 4 is 0 Å². The van der Waals surface area contributed by atoms with Crippen molar-refractivity contribution in [1.82, 2.24) is 0 Å². The summed E-state index contributed by atoms with van der Waals surface area (Å²) in [4.78, 5) is 0. The Kier molecular flexibility index (Phi) is 8.02. The lowest BCUT2D eigenvalue weighted by Gasteiger charge is -2.34. The fourth-order valence-electron chi connectivity index (χ4n) is 3.60. The molecule has 0 heterocycles. The summed E-state index contributed by atoms with van der Waals surface area (Å²) in [6, 6.07) is 19.6. The molecule has 0 aromatic heterocycles. The molecule has 0 aliphatic heterocycles. The molecular weight excluding hydrogens is 376 g/mol. The van der Waals surface area contributed by atoms with Gasteiger partial charge in [-0.3, -0.25) is 0 Å². The average Bonchev–Trinajstić information content (AvgIpc) is 2.66. The molecule has 164 valence electrons. The van der Waals surface area contributed by atoms with Gasteiger partial charge in [-0.1, -0.05) is 36.4 Å². The minimum Gasteiger partial charge on any atom is -0.488 e. The summed E-state index contributed by atoms with van der Waals surface area (Å²) in [5.41, 5.74) is -1.61. The Morgan fingerprint density at radius 2 is 1.23 bits per heavy atom. The molecule has 2 aromatic carbocycles. The van der Waals surface area contributed by atoms with Crippen LogP contribution >= 0.6 is 0 Å². The highest BCUT2D eigenvalue weighted by atomic mass is 16.5. The van der Waals surface area contributed by atoms with Crippen LogP contribution in [0.5, 0.6) is 11.5 Å². The van der Waals surface area contributed by atoms with Gasteiger partial charge in [-0.25, -0.2) is 0 Å². The van der Waals surface area contributed by atoms with Gasteiger partial charge in [0.05, 0.1) is 6.04 Å². The zero-order valence-electron chi connectivity index (χ0n) is 19.4. The maximum atomic E-state index is 6.15. The maximum absolute atomic E-state index is 6.15. The quantitative estimate of drug-likeness (QED) is 0.387. The summed E-state index contributed by atoms with van der Waals surface area (Å²) >= 11 is 0. The smallest absolute Gasteiger partial charge is 0.179 e. The molecule has 5 nitrogen and oxygen atoms in total. The lowest BCUT2D eigenvalue weighted by Crippen LogP contribution is -2.39. The molecule has 0 N–H and O–H groups in total. The minimum absolute atomic E-state index is 0.0173. The zero-order chi connectivity index (χ0) is 22.3. The third kappa shape index (κ3) is 8.15. The third-order valence-corrected chi connectivity index (χ3v) is 4.72. The molecule has 0 spiro atoms. The Bertz CT molecular complexity index is 791. The van der Waals surface area contributed by atoms with E-state index >= 15 is 0 Å². The summed E-state index contributed by atoms with van der Waals surface area (Å²) in [7, 11) is 1.66. The Hall–Kier alpha value is -2.40. The first-order valence-corrected chi connectivity index (χ1v) is 10.5. The van der Waals surface area contributed by atoms with Crippen molar-refractivity contribution in [2.45, 2.75) is 77.4 Å². The van der Waals surface area contributed by atoms with Gasteiger partial charge < -0.3 is 14.2 Å². The second-order valence-electron chi connectivity index (χ2n) is 9.17. The van der Waals surface area contributed by atoms with E-state index in [1.54, 1.807) is 7.11 Å². The molecular formula is C25H36N2O3. The number of hydrogen-bond donors (Lipinski definition) is 0. The van der Waals surface area contributed by atoms with Crippen LogP contribution in [0, 0.1) is 0 Å². The van der Waals surface area contributed by atoms with Crippen LogP contribution in [-0.2, 0) is 4.74 Å². The Morgan fingerprint density at radius 3 is 1.70 bits per heavy atom. The van der Waals surface area contributed by atoms with Crippen molar-refractivity contribution in [1.29, 1.82) is 0 Å². The SMILES string of the molecule is COC(C)(CC(C)(C)Oc1ccccc1)/N=N/C(C)CC(C)(C)Oc1ccccc1. The van der Waals surface area contributed by atoms with Crippen LogP contribution in [0.1, 0.15) is 54.4 Å². The normalized spacial score (nSPS) is 15.6. The molecule has 2 atom stereocenters. The van der Waals surface area contributed by atoms with Crippen LogP contribution < -0.4 is 9.47 Å². The van der Waals surface area contributed by atoms with E-state index < -0.39 is 11.3 Å². The number of para-hydroxylation sites is 2. The molecule has 0 aliphatic carbocycles. The molecule has 0 amide bonds. The molecule has 30 heavy (non-hydrogen) atoms. The molecule has 5 heteroatoms. The number of hydrogen-bond acceptors (Lipinski definition) is 5. The van der Waals surface area contributed by atoms with E-state index in [-0.39, 0.29) is 11.6 Å². The molecule has 2 rings (SSSR count). The van der Waals surface area contributed by atoms with E-state index in [1.165, 1.54) is 0 Å². The summed E-state index contributed by atoms with van der Waals surface area (Å²) in [6.45, 7) is 12.2. The van der Waals surface area contributed by atoms with E-state index in [2.05, 4.69) is 24.1 Å². The fourth-order valence-corrected chi connectivity index (χ4v) is 3.60. The molecule has 0 saturated carbocycles. The molecule has 2 unspecified atom stereocenters. The lowest BCUT2D eigenvalue weighted by molar-refractivity contribution is -0.0523. The van der Waals surface area contributed by atoms with Gasteiger partial charge in [-0.15, -0.1) is 0 Å². The molecule has 2 aromatic rings. The predicted molar refractivity (Wildman–Crippen MR) is 121 cm³/mol. The molecule has 0 radical (unpaired) electrons. The molecule has 0 fully saturated rings. The van der Waals surface area contributed by atoms with Crippen molar-refractivity contribution in [2.75, 3.05) is 7.11 Å². The second kappa shape index (κ2) is 10.1. The van der Waals surface area contributed by atoms with E-state index in [4.69, 9.17) is 14.2 Å². The van der Waals surface area contributed by atoms with E-state index in [0.717, 1.165) is 17.9 Å². The van der Waals surface area contributed by atoms with Gasteiger partial charge in [0, 0.05) is 20.0 Å². The van der Waals surface area contributed by atoms with Crippen LogP contribution in [0.25, 0.3) is 0 Å². The topological polar surface area (TPSA) is 52.4 Å². The number of methoxy groups -OCH3 is 1. The summed E-state index contributed by atoms with van der Waals surface area (Å²) in [5, 5.41) is 9.11. The van der Waals surface area contributed by atoms with E-state index in [1.807, 2.05) is 88.4 Å². The first kappa shape index (κ1) is 23.9. The van der Waals surface area contributed by atoms with Gasteiger partial charge in [0.25, 0.3) is 0 Å². The number of ether oxygens (including phenoxy) is 3. The first-order chi connectivity index (χ1) is 14.0. The molecule has 0 bridgehead atoms. The van der Waals surface area contributed by atoms with Gasteiger partial charge in [-0.2, -0.15) is 10.2 Å². The van der Waals surface area contributed by atoms with Crippen LogP contribution in [0.3, 0.4) is 0 Å². The monoisotopic (exact) mass is 412 g/mol. The lowest BCUT2D eigenvalue weighted by atomic mass is 9.97. The Morgan fingerprint density at radius 1 is 0.767 bits per heavy atom. The van der Waals surface area contributed by atoms with Crippen molar-refractivity contribution < 1.29 is 14.2 Å². The van der Waals surface area contributed by atoms with Crippen LogP contribution in [0.15, 0.2) is 70.9 Å². The standard InChI is InChI=1S/C25H36N2O3/c1-20(18-23(2,3)29-21-14-10-8-11-15-21)26-27-25(6,28-7)19-24(4,5)30-22-16-12-9-13-17-22/h8-17,20H,18-19H2,1-7H3/b27-26+. The number of azo groups is 1. The highest BCUT2D eigenvalue weighted by Crippen LogP contribution is 2.30. The minimum atomic E-state index is -0.781. The summed E-state index contributed by atoms with van der Waals surface area (Å²) in [6.07, 6.45) is 1.29. The summed E-state index contributed by atoms with van der Waals surface area (Å²) < 4.78 is 18.0. The number of nitrogens with zero attached hydrogens (tertiary/aromatic N) is 2. The number of benzene rings is 2. The van der Waals surface area contributed by atoms with Crippen molar-refractivity contribution in [3.63, 3.8) is 0 Å². The second-order valence-corrected chi connectivity index (χ2v) is 9.17. The van der Waals surface area contributed by atoms with Crippen LogP contribution in [0.2, 0.25) is 0 Å². The van der Waals surface area contributed by atoms with Gasteiger partial charge in [-0.05, 0) is 65.8 Å². The van der Waals surface area contributed by atoms with Crippen molar-refractivity contribution in [3.05, 3.63) is 60.7 Å².